The molecule has 5 rings (SSSR count). The highest BCUT2D eigenvalue weighted by Gasteiger charge is 2.61. The number of nitrogens with one attached hydrogen (secondary N) is 1. The smallest absolute Gasteiger partial charge is 0.252 e. The number of hydrogen-bond donors (Lipinski definition) is 1. The fourth-order valence-corrected chi connectivity index (χ4v) is 5.96. The van der Waals surface area contributed by atoms with Crippen LogP contribution in [0, 0.1) is 11.2 Å². The minimum Gasteiger partial charge on any atom is -0.368 e. The molecule has 2 heterocycles. The molecule has 6 nitrogen and oxygen atoms in total. The average molecular weight is 459 g/mol. The summed E-state index contributed by atoms with van der Waals surface area (Å²) < 4.78 is 47.0. The molecule has 3 aliphatic rings. The molecule has 2 aromatic rings. The molecule has 8 heteroatoms. The SMILES string of the molecule is CS(=O)(=O)N[C@@H]1[C@H](Cc2cccc(-c3ccccc3F)c2)N(C(=O)C2CCO2)CC12CC2. The van der Waals surface area contributed by atoms with Gasteiger partial charge in [-0.05, 0) is 36.5 Å². The molecule has 170 valence electrons. The predicted octanol–water partition coefficient (Wildman–Crippen LogP) is 2.73. The van der Waals surface area contributed by atoms with Crippen molar-refractivity contribution in [3.63, 3.8) is 0 Å². The highest BCUT2D eigenvalue weighted by molar-refractivity contribution is 7.88. The maximum absolute atomic E-state index is 14.3. The van der Waals surface area contributed by atoms with Gasteiger partial charge in [0.05, 0.1) is 18.9 Å². The number of carbonyl (C=O) groups is 1. The molecule has 1 spiro atoms. The summed E-state index contributed by atoms with van der Waals surface area (Å²) in [6, 6.07) is 13.6. The Hall–Kier alpha value is -2.29. The first-order valence-corrected chi connectivity index (χ1v) is 12.9. The van der Waals surface area contributed by atoms with Gasteiger partial charge in [0.25, 0.3) is 5.91 Å². The fourth-order valence-electron chi connectivity index (χ4n) is 5.09. The lowest BCUT2D eigenvalue weighted by molar-refractivity contribution is -0.157. The Kier molecular flexibility index (Phi) is 5.34. The summed E-state index contributed by atoms with van der Waals surface area (Å²) in [7, 11) is -3.45. The number of benzene rings is 2. The zero-order chi connectivity index (χ0) is 22.5. The maximum Gasteiger partial charge on any atom is 0.252 e. The Morgan fingerprint density at radius 2 is 1.97 bits per heavy atom. The van der Waals surface area contributed by atoms with Crippen molar-refractivity contribution in [3.8, 4) is 11.1 Å². The number of carbonyl (C=O) groups excluding carboxylic acids is 1. The van der Waals surface area contributed by atoms with Crippen LogP contribution in [0.15, 0.2) is 48.5 Å². The van der Waals surface area contributed by atoms with Crippen molar-refractivity contribution >= 4 is 15.9 Å². The molecule has 1 N–H and O–H groups in total. The van der Waals surface area contributed by atoms with Crippen molar-refractivity contribution in [2.24, 2.45) is 5.41 Å². The summed E-state index contributed by atoms with van der Waals surface area (Å²) in [5, 5.41) is 0. The van der Waals surface area contributed by atoms with Crippen molar-refractivity contribution in [1.29, 1.82) is 0 Å². The number of likely N-dealkylation sites (tertiary alicyclic amines) is 1. The monoisotopic (exact) mass is 458 g/mol. The van der Waals surface area contributed by atoms with Crippen LogP contribution in [-0.4, -0.2) is 56.8 Å². The Labute approximate surface area is 187 Å². The Balaban J connectivity index is 1.47. The molecular formula is C24H27FN2O4S. The Bertz CT molecular complexity index is 1140. The number of hydrogen-bond acceptors (Lipinski definition) is 4. The molecule has 3 atom stereocenters. The van der Waals surface area contributed by atoms with Gasteiger partial charge in [0.1, 0.15) is 11.9 Å². The third kappa shape index (κ3) is 4.07. The van der Waals surface area contributed by atoms with Gasteiger partial charge in [-0.25, -0.2) is 17.5 Å². The summed E-state index contributed by atoms with van der Waals surface area (Å²) in [6.45, 7) is 1.12. The third-order valence-electron chi connectivity index (χ3n) is 6.98. The summed E-state index contributed by atoms with van der Waals surface area (Å²) in [5.41, 5.74) is 1.99. The van der Waals surface area contributed by atoms with Gasteiger partial charge in [-0.1, -0.05) is 42.5 Å². The van der Waals surface area contributed by atoms with E-state index in [0.29, 0.717) is 31.6 Å². The van der Waals surface area contributed by atoms with E-state index in [0.717, 1.165) is 24.0 Å². The van der Waals surface area contributed by atoms with Crippen LogP contribution < -0.4 is 4.72 Å². The second kappa shape index (κ2) is 7.93. The lowest BCUT2D eigenvalue weighted by atomic mass is 9.91. The molecule has 2 saturated heterocycles. The van der Waals surface area contributed by atoms with Crippen molar-refractivity contribution in [1.82, 2.24) is 9.62 Å². The van der Waals surface area contributed by atoms with Crippen LogP contribution in [0.25, 0.3) is 11.1 Å². The van der Waals surface area contributed by atoms with Gasteiger partial charge in [-0.3, -0.25) is 4.79 Å². The quantitative estimate of drug-likeness (QED) is 0.722. The van der Waals surface area contributed by atoms with Gasteiger partial charge in [0, 0.05) is 30.0 Å². The van der Waals surface area contributed by atoms with E-state index in [4.69, 9.17) is 4.74 Å². The Morgan fingerprint density at radius 3 is 2.59 bits per heavy atom. The number of nitrogens with zero attached hydrogens (tertiary/aromatic N) is 1. The second-order valence-corrected chi connectivity index (χ2v) is 11.1. The number of amides is 1. The predicted molar refractivity (Wildman–Crippen MR) is 119 cm³/mol. The summed E-state index contributed by atoms with van der Waals surface area (Å²) in [4.78, 5) is 15.0. The zero-order valence-electron chi connectivity index (χ0n) is 18.0. The standard InChI is InChI=1S/C24H27FN2O4S/c1-32(29,30)26-22-20(27(15-24(22)10-11-24)23(28)21-9-12-31-21)14-16-5-4-6-17(13-16)18-7-2-3-8-19(18)25/h2-8,13,20-22,26H,9-12,14-15H2,1H3/t20-,21?,22+/m0/s1. The molecule has 2 aliphatic heterocycles. The van der Waals surface area contributed by atoms with Gasteiger partial charge >= 0.3 is 0 Å². The van der Waals surface area contributed by atoms with Crippen molar-refractivity contribution in [2.75, 3.05) is 19.4 Å². The van der Waals surface area contributed by atoms with E-state index in [9.17, 15) is 17.6 Å². The number of halogens is 1. The molecule has 32 heavy (non-hydrogen) atoms. The zero-order valence-corrected chi connectivity index (χ0v) is 18.8. The van der Waals surface area contributed by atoms with Gasteiger partial charge in [0.15, 0.2) is 0 Å². The topological polar surface area (TPSA) is 75.7 Å². The molecule has 3 fully saturated rings. The average Bonchev–Trinajstić information content (AvgIpc) is 3.42. The van der Waals surface area contributed by atoms with Crippen LogP contribution in [-0.2, 0) is 26.0 Å². The van der Waals surface area contributed by atoms with Gasteiger partial charge in [0.2, 0.25) is 10.0 Å². The molecular weight excluding hydrogens is 431 g/mol. The first-order valence-electron chi connectivity index (χ1n) is 11.0. The molecule has 1 amide bonds. The number of ether oxygens (including phenoxy) is 1. The second-order valence-electron chi connectivity index (χ2n) is 9.30. The summed E-state index contributed by atoms with van der Waals surface area (Å²) >= 11 is 0. The normalized spacial score (nSPS) is 26.2. The molecule has 1 unspecified atom stereocenters. The van der Waals surface area contributed by atoms with E-state index in [2.05, 4.69) is 4.72 Å². The maximum atomic E-state index is 14.3. The van der Waals surface area contributed by atoms with Gasteiger partial charge in [-0.15, -0.1) is 0 Å². The Morgan fingerprint density at radius 1 is 1.22 bits per heavy atom. The van der Waals surface area contributed by atoms with Gasteiger partial charge in [-0.2, -0.15) is 0 Å². The van der Waals surface area contributed by atoms with E-state index in [1.807, 2.05) is 29.2 Å². The summed E-state index contributed by atoms with van der Waals surface area (Å²) in [6.07, 6.45) is 3.69. The first kappa shape index (κ1) is 21.6. The van der Waals surface area contributed by atoms with E-state index in [-0.39, 0.29) is 29.2 Å². The highest BCUT2D eigenvalue weighted by Crippen LogP contribution is 2.55. The van der Waals surface area contributed by atoms with Crippen molar-refractivity contribution < 1.29 is 22.3 Å². The van der Waals surface area contributed by atoms with Crippen molar-refractivity contribution in [2.45, 2.75) is 43.9 Å². The summed E-state index contributed by atoms with van der Waals surface area (Å²) in [5.74, 6) is -0.353. The first-order chi connectivity index (χ1) is 15.3. The fraction of sp³-hybridized carbons (Fsp3) is 0.458. The van der Waals surface area contributed by atoms with Crippen LogP contribution in [0.4, 0.5) is 4.39 Å². The highest BCUT2D eigenvalue weighted by atomic mass is 32.2. The number of rotatable bonds is 6. The van der Waals surface area contributed by atoms with Crippen LogP contribution in [0.3, 0.4) is 0 Å². The van der Waals surface area contributed by atoms with E-state index < -0.39 is 16.1 Å². The van der Waals surface area contributed by atoms with E-state index >= 15 is 0 Å². The lowest BCUT2D eigenvalue weighted by Crippen LogP contribution is -2.52. The minimum absolute atomic E-state index is 0.0596. The molecule has 0 bridgehead atoms. The van der Waals surface area contributed by atoms with Crippen LogP contribution in [0.1, 0.15) is 24.8 Å². The number of sulfonamides is 1. The van der Waals surface area contributed by atoms with Crippen molar-refractivity contribution in [3.05, 3.63) is 59.9 Å². The molecule has 0 radical (unpaired) electrons. The third-order valence-corrected chi connectivity index (χ3v) is 7.66. The molecule has 1 aliphatic carbocycles. The van der Waals surface area contributed by atoms with Crippen LogP contribution >= 0.6 is 0 Å². The molecule has 2 aromatic carbocycles. The molecule has 1 saturated carbocycles. The largest absolute Gasteiger partial charge is 0.368 e. The van der Waals surface area contributed by atoms with Gasteiger partial charge < -0.3 is 9.64 Å². The van der Waals surface area contributed by atoms with Crippen LogP contribution in [0.2, 0.25) is 0 Å². The van der Waals surface area contributed by atoms with E-state index in [1.54, 1.807) is 18.2 Å². The molecule has 0 aromatic heterocycles. The van der Waals surface area contributed by atoms with E-state index in [1.165, 1.54) is 12.3 Å². The van der Waals surface area contributed by atoms with Crippen LogP contribution in [0.5, 0.6) is 0 Å². The lowest BCUT2D eigenvalue weighted by Gasteiger charge is -2.34. The minimum atomic E-state index is -3.45.